The fraction of sp³-hybridized carbons (Fsp3) is 0.300. The van der Waals surface area contributed by atoms with Gasteiger partial charge in [-0.05, 0) is 31.2 Å². The molecule has 0 amide bonds. The summed E-state index contributed by atoms with van der Waals surface area (Å²) in [5.74, 6) is 0. The van der Waals surface area contributed by atoms with Gasteiger partial charge in [-0.15, -0.1) is 0 Å². The number of rotatable bonds is 2. The Hall–Kier alpha value is -1.40. The Balaban J connectivity index is 2.27. The third kappa shape index (κ3) is 2.23. The van der Waals surface area contributed by atoms with Crippen molar-refractivity contribution in [3.05, 3.63) is 24.3 Å². The van der Waals surface area contributed by atoms with Crippen LogP contribution in [0.5, 0.6) is 0 Å². The summed E-state index contributed by atoms with van der Waals surface area (Å²) in [5, 5.41) is 6.10. The molecule has 5 nitrogen and oxygen atoms in total. The normalized spacial score (nSPS) is 16.4. The smallest absolute Gasteiger partial charge is 0.282 e. The molecule has 0 saturated carbocycles. The number of nitrogens with zero attached hydrogens (tertiary/aromatic N) is 2. The summed E-state index contributed by atoms with van der Waals surface area (Å²) < 4.78 is 30.5. The Bertz CT molecular complexity index is 520. The van der Waals surface area contributed by atoms with E-state index < -0.39 is 10.1 Å². The molecule has 1 aromatic carbocycles. The van der Waals surface area contributed by atoms with E-state index in [2.05, 4.69) is 5.10 Å². The van der Waals surface area contributed by atoms with Crippen molar-refractivity contribution in [1.29, 1.82) is 0 Å². The van der Waals surface area contributed by atoms with Crippen LogP contribution in [0, 0.1) is 0 Å². The second-order valence-corrected chi connectivity index (χ2v) is 5.10. The molecule has 2 rings (SSSR count). The Morgan fingerprint density at radius 3 is 2.38 bits per heavy atom. The molecule has 0 saturated heterocycles. The molecule has 0 spiro atoms. The average molecular weight is 240 g/mol. The van der Waals surface area contributed by atoms with Crippen molar-refractivity contribution >= 4 is 21.5 Å². The molecule has 1 N–H and O–H groups in total. The second-order valence-electron chi connectivity index (χ2n) is 3.68. The van der Waals surface area contributed by atoms with Crippen molar-refractivity contribution in [3.8, 4) is 0 Å². The maximum absolute atomic E-state index is 10.8. The van der Waals surface area contributed by atoms with Gasteiger partial charge in [0.25, 0.3) is 10.1 Å². The lowest BCUT2D eigenvalue weighted by Crippen LogP contribution is -2.11. The van der Waals surface area contributed by atoms with E-state index in [1.807, 2.05) is 11.9 Å². The van der Waals surface area contributed by atoms with E-state index >= 15 is 0 Å². The van der Waals surface area contributed by atoms with Gasteiger partial charge in [0.05, 0.1) is 10.6 Å². The maximum atomic E-state index is 10.8. The first-order valence-electron chi connectivity index (χ1n) is 4.86. The van der Waals surface area contributed by atoms with Crippen LogP contribution in [0.3, 0.4) is 0 Å². The van der Waals surface area contributed by atoms with Crippen LogP contribution in [0.2, 0.25) is 0 Å². The van der Waals surface area contributed by atoms with Gasteiger partial charge in [-0.2, -0.15) is 13.5 Å². The van der Waals surface area contributed by atoms with E-state index in [4.69, 9.17) is 4.55 Å². The quantitative estimate of drug-likeness (QED) is 0.796. The van der Waals surface area contributed by atoms with E-state index in [1.165, 1.54) is 12.1 Å². The average Bonchev–Trinajstić information content (AvgIpc) is 2.64. The maximum Gasteiger partial charge on any atom is 0.294 e. The third-order valence-corrected chi connectivity index (χ3v) is 3.28. The minimum Gasteiger partial charge on any atom is -0.282 e. The summed E-state index contributed by atoms with van der Waals surface area (Å²) in [6.45, 7) is 2.75. The van der Waals surface area contributed by atoms with Gasteiger partial charge in [0.2, 0.25) is 0 Å². The van der Waals surface area contributed by atoms with Crippen LogP contribution >= 0.6 is 0 Å². The van der Waals surface area contributed by atoms with Crippen LogP contribution in [-0.4, -0.2) is 25.2 Å². The van der Waals surface area contributed by atoms with Crippen LogP contribution in [0.25, 0.3) is 0 Å². The van der Waals surface area contributed by atoms with Crippen molar-refractivity contribution in [2.45, 2.75) is 18.2 Å². The Morgan fingerprint density at radius 2 is 1.94 bits per heavy atom. The highest BCUT2D eigenvalue weighted by molar-refractivity contribution is 7.85. The first kappa shape index (κ1) is 11.1. The lowest BCUT2D eigenvalue weighted by Gasteiger charge is -2.13. The molecule has 1 aromatic rings. The van der Waals surface area contributed by atoms with Gasteiger partial charge in [0.1, 0.15) is 0 Å². The van der Waals surface area contributed by atoms with Gasteiger partial charge in [0, 0.05) is 18.7 Å². The predicted molar refractivity (Wildman–Crippen MR) is 61.3 cm³/mol. The van der Waals surface area contributed by atoms with E-state index in [0.717, 1.165) is 24.4 Å². The zero-order chi connectivity index (χ0) is 11.8. The van der Waals surface area contributed by atoms with E-state index in [9.17, 15) is 8.42 Å². The van der Waals surface area contributed by atoms with Crippen LogP contribution in [0.15, 0.2) is 34.3 Å². The van der Waals surface area contributed by atoms with Crippen molar-refractivity contribution in [1.82, 2.24) is 0 Å². The molecule has 0 fully saturated rings. The lowest BCUT2D eigenvalue weighted by molar-refractivity contribution is 0.483. The number of hydrogen-bond acceptors (Lipinski definition) is 4. The van der Waals surface area contributed by atoms with Gasteiger partial charge in [-0.25, -0.2) is 0 Å². The first-order chi connectivity index (χ1) is 7.47. The highest BCUT2D eigenvalue weighted by atomic mass is 32.2. The summed E-state index contributed by atoms with van der Waals surface area (Å²) >= 11 is 0. The van der Waals surface area contributed by atoms with Gasteiger partial charge in [-0.1, -0.05) is 0 Å². The van der Waals surface area contributed by atoms with Gasteiger partial charge < -0.3 is 0 Å². The van der Waals surface area contributed by atoms with E-state index in [-0.39, 0.29) is 4.90 Å². The SMILES string of the molecule is CC1=NN(c2ccc(S(=O)(=O)O)cc2)CC1. The molecule has 1 aliphatic rings. The molecule has 0 bridgehead atoms. The number of hydrazone groups is 1. The predicted octanol–water partition coefficient (Wildman–Crippen LogP) is 1.52. The monoisotopic (exact) mass is 240 g/mol. The molecular weight excluding hydrogens is 228 g/mol. The minimum absolute atomic E-state index is 0.101. The number of anilines is 1. The van der Waals surface area contributed by atoms with Gasteiger partial charge >= 0.3 is 0 Å². The standard InChI is InChI=1S/C10H12N2O3S/c1-8-6-7-12(11-8)9-2-4-10(5-3-9)16(13,14)15/h2-5H,6-7H2,1H3,(H,13,14,15). The molecule has 0 atom stereocenters. The van der Waals surface area contributed by atoms with Crippen LogP contribution in [-0.2, 0) is 10.1 Å². The summed E-state index contributed by atoms with van der Waals surface area (Å²) in [5.41, 5.74) is 1.88. The molecule has 6 heteroatoms. The van der Waals surface area contributed by atoms with Crippen LogP contribution in [0.4, 0.5) is 5.69 Å². The highest BCUT2D eigenvalue weighted by Crippen LogP contribution is 2.21. The lowest BCUT2D eigenvalue weighted by atomic mass is 10.3. The van der Waals surface area contributed by atoms with Crippen molar-refractivity contribution in [2.24, 2.45) is 5.10 Å². The largest absolute Gasteiger partial charge is 0.294 e. The minimum atomic E-state index is -4.11. The molecule has 86 valence electrons. The molecular formula is C10H12N2O3S. The summed E-state index contributed by atoms with van der Waals surface area (Å²) in [7, 11) is -4.11. The summed E-state index contributed by atoms with van der Waals surface area (Å²) in [6.07, 6.45) is 0.917. The molecule has 0 aromatic heterocycles. The molecule has 0 aliphatic carbocycles. The van der Waals surface area contributed by atoms with E-state index in [1.54, 1.807) is 12.1 Å². The Kier molecular flexibility index (Phi) is 2.69. The number of hydrogen-bond donors (Lipinski definition) is 1. The number of benzene rings is 1. The molecule has 0 unspecified atom stereocenters. The molecule has 0 radical (unpaired) electrons. The van der Waals surface area contributed by atoms with Crippen molar-refractivity contribution in [3.63, 3.8) is 0 Å². The van der Waals surface area contributed by atoms with Crippen LogP contribution in [0.1, 0.15) is 13.3 Å². The van der Waals surface area contributed by atoms with Gasteiger partial charge in [-0.3, -0.25) is 9.56 Å². The first-order valence-corrected chi connectivity index (χ1v) is 6.30. The summed E-state index contributed by atoms with van der Waals surface area (Å²) in [4.78, 5) is -0.101. The fourth-order valence-corrected chi connectivity index (χ4v) is 2.03. The molecule has 16 heavy (non-hydrogen) atoms. The van der Waals surface area contributed by atoms with Crippen molar-refractivity contribution in [2.75, 3.05) is 11.6 Å². The Morgan fingerprint density at radius 1 is 1.31 bits per heavy atom. The zero-order valence-corrected chi connectivity index (χ0v) is 9.61. The zero-order valence-electron chi connectivity index (χ0n) is 8.79. The summed E-state index contributed by atoms with van der Waals surface area (Å²) in [6, 6.07) is 6.00. The van der Waals surface area contributed by atoms with Gasteiger partial charge in [0.15, 0.2) is 0 Å². The molecule has 1 aliphatic heterocycles. The van der Waals surface area contributed by atoms with E-state index in [0.29, 0.717) is 0 Å². The van der Waals surface area contributed by atoms with Crippen LogP contribution < -0.4 is 5.01 Å². The van der Waals surface area contributed by atoms with Crippen molar-refractivity contribution < 1.29 is 13.0 Å². The highest BCUT2D eigenvalue weighted by Gasteiger charge is 2.14. The Labute approximate surface area is 94.1 Å². The third-order valence-electron chi connectivity index (χ3n) is 2.41. The second kappa shape index (κ2) is 3.88. The molecule has 1 heterocycles. The topological polar surface area (TPSA) is 70.0 Å². The fourth-order valence-electron chi connectivity index (χ4n) is 1.55.